The third kappa shape index (κ3) is 5.57. The molecule has 0 radical (unpaired) electrons. The van der Waals surface area contributed by atoms with Crippen LogP contribution in [-0.2, 0) is 10.2 Å². The first kappa shape index (κ1) is 19.5. The minimum Gasteiger partial charge on any atom is -0.352 e. The number of hydrazine groups is 1. The largest absolute Gasteiger partial charge is 0.352 e. The molecule has 24 heavy (non-hydrogen) atoms. The number of hydrogen-bond acceptors (Lipinski definition) is 3. The summed E-state index contributed by atoms with van der Waals surface area (Å²) in [5.74, 6) is -1.16. The molecule has 1 rings (SSSR count). The summed E-state index contributed by atoms with van der Waals surface area (Å²) >= 11 is 0. The van der Waals surface area contributed by atoms with Gasteiger partial charge in [0.05, 0.1) is 0 Å². The highest BCUT2D eigenvalue weighted by atomic mass is 16.2. The lowest BCUT2D eigenvalue weighted by molar-refractivity contribution is -0.124. The lowest BCUT2D eigenvalue weighted by Crippen LogP contribution is -2.55. The van der Waals surface area contributed by atoms with Crippen molar-refractivity contribution >= 4 is 17.8 Å². The van der Waals surface area contributed by atoms with E-state index in [-0.39, 0.29) is 11.3 Å². The second-order valence-corrected chi connectivity index (χ2v) is 7.00. The third-order valence-electron chi connectivity index (χ3n) is 3.56. The van der Waals surface area contributed by atoms with Crippen LogP contribution in [0.15, 0.2) is 24.3 Å². The number of primary amides is 1. The second-order valence-electron chi connectivity index (χ2n) is 7.00. The van der Waals surface area contributed by atoms with Gasteiger partial charge < -0.3 is 11.1 Å². The van der Waals surface area contributed by atoms with E-state index in [1.54, 1.807) is 26.0 Å². The third-order valence-corrected chi connectivity index (χ3v) is 3.56. The Balaban J connectivity index is 2.68. The van der Waals surface area contributed by atoms with Crippen molar-refractivity contribution in [1.82, 2.24) is 16.2 Å². The fraction of sp³-hybridized carbons (Fsp3) is 0.471. The molecule has 7 nitrogen and oxygen atoms in total. The molecule has 0 aliphatic rings. The molecule has 0 aromatic heterocycles. The van der Waals surface area contributed by atoms with Gasteiger partial charge in [-0.05, 0) is 29.0 Å². The zero-order chi connectivity index (χ0) is 18.5. The van der Waals surface area contributed by atoms with E-state index in [2.05, 4.69) is 36.9 Å². The molecule has 0 aliphatic heterocycles. The van der Waals surface area contributed by atoms with Crippen LogP contribution in [0.5, 0.6) is 0 Å². The molecule has 7 heteroatoms. The molecule has 0 bridgehead atoms. The van der Waals surface area contributed by atoms with Crippen molar-refractivity contribution in [2.45, 2.75) is 46.1 Å². The van der Waals surface area contributed by atoms with Gasteiger partial charge in [-0.3, -0.25) is 20.4 Å². The van der Waals surface area contributed by atoms with Gasteiger partial charge in [0.25, 0.3) is 11.8 Å². The molecule has 0 unspecified atom stereocenters. The molecule has 0 spiro atoms. The summed E-state index contributed by atoms with van der Waals surface area (Å²) in [6, 6.07) is 5.52. The number of benzene rings is 1. The number of nitrogens with one attached hydrogen (secondary N) is 3. The molecule has 132 valence electrons. The van der Waals surface area contributed by atoms with Gasteiger partial charge in [-0.15, -0.1) is 0 Å². The number of hydrogen-bond donors (Lipinski definition) is 4. The topological polar surface area (TPSA) is 113 Å². The Kier molecular flexibility index (Phi) is 6.34. The van der Waals surface area contributed by atoms with E-state index >= 15 is 0 Å². The van der Waals surface area contributed by atoms with E-state index in [1.807, 2.05) is 12.1 Å². The summed E-state index contributed by atoms with van der Waals surface area (Å²) in [5.41, 5.74) is 11.2. The number of amides is 4. The van der Waals surface area contributed by atoms with Crippen LogP contribution in [0.25, 0.3) is 0 Å². The molecular weight excluding hydrogens is 308 g/mol. The molecule has 0 aliphatic carbocycles. The van der Waals surface area contributed by atoms with Gasteiger partial charge in [0.2, 0.25) is 0 Å². The molecule has 1 aromatic rings. The molecule has 0 saturated carbocycles. The Labute approximate surface area is 142 Å². The summed E-state index contributed by atoms with van der Waals surface area (Å²) < 4.78 is 0. The Morgan fingerprint density at radius 3 is 1.96 bits per heavy atom. The standard InChI is InChI=1S/C17H26N4O3/c1-10(2)13(19-16(18)24)15(23)21-20-14(22)11-6-8-12(9-7-11)17(3,4)5/h6-10,13H,1-5H3,(H,20,22)(H,21,23)(H3,18,19,24)/t13-/m0/s1. The predicted octanol–water partition coefficient (Wildman–Crippen LogP) is 1.44. The van der Waals surface area contributed by atoms with Crippen LogP contribution in [0.3, 0.4) is 0 Å². The average molecular weight is 334 g/mol. The maximum atomic E-state index is 12.1. The van der Waals surface area contributed by atoms with Crippen molar-refractivity contribution in [1.29, 1.82) is 0 Å². The quantitative estimate of drug-likeness (QED) is 0.625. The van der Waals surface area contributed by atoms with Crippen molar-refractivity contribution in [2.24, 2.45) is 11.7 Å². The normalized spacial score (nSPS) is 12.4. The zero-order valence-electron chi connectivity index (χ0n) is 14.8. The molecular formula is C17H26N4O3. The van der Waals surface area contributed by atoms with Crippen LogP contribution in [0.4, 0.5) is 4.79 Å². The Morgan fingerprint density at radius 1 is 1.00 bits per heavy atom. The van der Waals surface area contributed by atoms with Crippen LogP contribution < -0.4 is 21.9 Å². The van der Waals surface area contributed by atoms with Gasteiger partial charge >= 0.3 is 6.03 Å². The van der Waals surface area contributed by atoms with Crippen LogP contribution in [0.1, 0.15) is 50.5 Å². The number of urea groups is 1. The van der Waals surface area contributed by atoms with E-state index in [0.717, 1.165) is 5.56 Å². The molecule has 0 saturated heterocycles. The van der Waals surface area contributed by atoms with Crippen molar-refractivity contribution < 1.29 is 14.4 Å². The first-order valence-electron chi connectivity index (χ1n) is 7.79. The van der Waals surface area contributed by atoms with E-state index in [4.69, 9.17) is 5.73 Å². The van der Waals surface area contributed by atoms with E-state index in [0.29, 0.717) is 5.56 Å². The molecule has 0 heterocycles. The van der Waals surface area contributed by atoms with Gasteiger partial charge in [0, 0.05) is 5.56 Å². The van der Waals surface area contributed by atoms with Crippen molar-refractivity contribution in [3.63, 3.8) is 0 Å². The summed E-state index contributed by atoms with van der Waals surface area (Å²) in [6.45, 7) is 9.76. The molecule has 5 N–H and O–H groups in total. The number of nitrogens with two attached hydrogens (primary N) is 1. The zero-order valence-corrected chi connectivity index (χ0v) is 14.8. The van der Waals surface area contributed by atoms with Crippen LogP contribution in [-0.4, -0.2) is 23.9 Å². The van der Waals surface area contributed by atoms with Crippen molar-refractivity contribution in [2.75, 3.05) is 0 Å². The SMILES string of the molecule is CC(C)[C@H](NC(N)=O)C(=O)NNC(=O)c1ccc(C(C)(C)C)cc1. The smallest absolute Gasteiger partial charge is 0.312 e. The predicted molar refractivity (Wildman–Crippen MR) is 92.1 cm³/mol. The highest BCUT2D eigenvalue weighted by molar-refractivity contribution is 5.96. The van der Waals surface area contributed by atoms with Gasteiger partial charge in [0.1, 0.15) is 6.04 Å². The Bertz CT molecular complexity index is 603. The Hall–Kier alpha value is -2.57. The lowest BCUT2D eigenvalue weighted by atomic mass is 9.87. The lowest BCUT2D eigenvalue weighted by Gasteiger charge is -2.21. The summed E-state index contributed by atoms with van der Waals surface area (Å²) in [5, 5.41) is 2.34. The minimum atomic E-state index is -0.828. The molecule has 4 amide bonds. The highest BCUT2D eigenvalue weighted by Crippen LogP contribution is 2.22. The highest BCUT2D eigenvalue weighted by Gasteiger charge is 2.23. The average Bonchev–Trinajstić information content (AvgIpc) is 2.48. The van der Waals surface area contributed by atoms with E-state index in [9.17, 15) is 14.4 Å². The van der Waals surface area contributed by atoms with Crippen LogP contribution in [0, 0.1) is 5.92 Å². The van der Waals surface area contributed by atoms with Gasteiger partial charge in [-0.25, -0.2) is 4.79 Å². The molecule has 1 aromatic carbocycles. The monoisotopic (exact) mass is 334 g/mol. The second kappa shape index (κ2) is 7.81. The number of carbonyl (C=O) groups is 3. The van der Waals surface area contributed by atoms with Gasteiger partial charge in [-0.1, -0.05) is 46.8 Å². The van der Waals surface area contributed by atoms with Crippen molar-refractivity contribution in [3.05, 3.63) is 35.4 Å². The van der Waals surface area contributed by atoms with E-state index in [1.165, 1.54) is 0 Å². The number of rotatable bonds is 4. The van der Waals surface area contributed by atoms with Gasteiger partial charge in [-0.2, -0.15) is 0 Å². The van der Waals surface area contributed by atoms with Crippen LogP contribution in [0.2, 0.25) is 0 Å². The summed E-state index contributed by atoms with van der Waals surface area (Å²) in [4.78, 5) is 35.1. The first-order chi connectivity index (χ1) is 11.0. The molecule has 0 fully saturated rings. The first-order valence-corrected chi connectivity index (χ1v) is 7.79. The Morgan fingerprint density at radius 2 is 1.54 bits per heavy atom. The van der Waals surface area contributed by atoms with Crippen molar-refractivity contribution in [3.8, 4) is 0 Å². The minimum absolute atomic E-state index is 0.00582. The molecule has 1 atom stereocenters. The fourth-order valence-corrected chi connectivity index (χ4v) is 2.08. The summed E-state index contributed by atoms with van der Waals surface area (Å²) in [6.07, 6.45) is 0. The van der Waals surface area contributed by atoms with Gasteiger partial charge in [0.15, 0.2) is 0 Å². The maximum Gasteiger partial charge on any atom is 0.312 e. The van der Waals surface area contributed by atoms with Crippen LogP contribution >= 0.6 is 0 Å². The summed E-state index contributed by atoms with van der Waals surface area (Å²) in [7, 11) is 0. The number of carbonyl (C=O) groups excluding carboxylic acids is 3. The fourth-order valence-electron chi connectivity index (χ4n) is 2.08. The van der Waals surface area contributed by atoms with E-state index < -0.39 is 23.9 Å². The maximum absolute atomic E-state index is 12.1.